The van der Waals surface area contributed by atoms with Gasteiger partial charge < -0.3 is 24.6 Å². The van der Waals surface area contributed by atoms with Crippen molar-refractivity contribution in [1.82, 2.24) is 4.90 Å². The summed E-state index contributed by atoms with van der Waals surface area (Å²) in [6.07, 6.45) is 3.53. The highest BCUT2D eigenvalue weighted by atomic mass is 79.9. The maximum absolute atomic E-state index is 13.2. The number of hydrogen-bond acceptors (Lipinski definition) is 6. The molecule has 1 atom stereocenters. The van der Waals surface area contributed by atoms with Crippen molar-refractivity contribution in [2.45, 2.75) is 37.8 Å². The number of rotatable bonds is 5. The minimum atomic E-state index is -0.809. The first-order valence-electron chi connectivity index (χ1n) is 10.4. The van der Waals surface area contributed by atoms with E-state index in [2.05, 4.69) is 15.9 Å². The number of ketones is 1. The number of hydrogen-bond donors (Lipinski definition) is 2. The average Bonchev–Trinajstić information content (AvgIpc) is 3.40. The number of aliphatic hydroxyl groups is 1. The molecule has 8 heteroatoms. The van der Waals surface area contributed by atoms with Crippen molar-refractivity contribution < 1.29 is 29.3 Å². The van der Waals surface area contributed by atoms with Crippen LogP contribution >= 0.6 is 15.9 Å². The number of halogens is 1. The second-order valence-corrected chi connectivity index (χ2v) is 8.78. The quantitative estimate of drug-likeness (QED) is 0.354. The lowest BCUT2D eigenvalue weighted by atomic mass is 9.94. The van der Waals surface area contributed by atoms with Gasteiger partial charge in [0.25, 0.3) is 11.7 Å². The number of carbonyl (C=O) groups is 2. The highest BCUT2D eigenvalue weighted by Crippen LogP contribution is 2.45. The smallest absolute Gasteiger partial charge is 0.295 e. The van der Waals surface area contributed by atoms with Crippen LogP contribution in [-0.2, 0) is 9.59 Å². The molecule has 1 unspecified atom stereocenters. The summed E-state index contributed by atoms with van der Waals surface area (Å²) in [7, 11) is 2.98. The Kier molecular flexibility index (Phi) is 6.15. The molecule has 2 aliphatic rings. The van der Waals surface area contributed by atoms with E-state index < -0.39 is 17.7 Å². The molecule has 1 aliphatic carbocycles. The van der Waals surface area contributed by atoms with Gasteiger partial charge in [0.2, 0.25) is 0 Å². The number of ether oxygens (including phenoxy) is 2. The van der Waals surface area contributed by atoms with Crippen LogP contribution in [-0.4, -0.2) is 47.1 Å². The summed E-state index contributed by atoms with van der Waals surface area (Å²) in [6, 6.07) is 8.79. The first-order chi connectivity index (χ1) is 15.4. The van der Waals surface area contributed by atoms with Crippen molar-refractivity contribution in [2.24, 2.45) is 0 Å². The van der Waals surface area contributed by atoms with Crippen molar-refractivity contribution in [3.8, 4) is 17.2 Å². The van der Waals surface area contributed by atoms with E-state index in [1.807, 2.05) is 0 Å². The molecule has 0 bridgehead atoms. The maximum atomic E-state index is 13.2. The molecule has 1 saturated carbocycles. The second-order valence-electron chi connectivity index (χ2n) is 7.93. The lowest BCUT2D eigenvalue weighted by molar-refractivity contribution is -0.141. The minimum Gasteiger partial charge on any atom is -0.507 e. The van der Waals surface area contributed by atoms with Crippen LogP contribution in [0.15, 0.2) is 46.4 Å². The van der Waals surface area contributed by atoms with Gasteiger partial charge in [-0.15, -0.1) is 0 Å². The zero-order valence-corrected chi connectivity index (χ0v) is 19.4. The molecule has 1 saturated heterocycles. The van der Waals surface area contributed by atoms with Crippen LogP contribution in [0.25, 0.3) is 5.76 Å². The van der Waals surface area contributed by atoms with Crippen LogP contribution in [0, 0.1) is 0 Å². The van der Waals surface area contributed by atoms with Gasteiger partial charge in [0.1, 0.15) is 11.5 Å². The van der Waals surface area contributed by atoms with Crippen molar-refractivity contribution in [3.63, 3.8) is 0 Å². The third kappa shape index (κ3) is 3.72. The van der Waals surface area contributed by atoms with E-state index in [0.29, 0.717) is 21.3 Å². The normalized spacial score (nSPS) is 20.7. The number of phenols is 1. The second kappa shape index (κ2) is 8.86. The SMILES string of the molecule is COc1ccc(C2/C(=C(/O)c3ccc(OC)c(Br)c3)C(=O)C(=O)N2C2CCCC2)cc1O. The van der Waals surface area contributed by atoms with Gasteiger partial charge in [0, 0.05) is 11.6 Å². The molecule has 2 fully saturated rings. The molecule has 1 amide bonds. The van der Waals surface area contributed by atoms with Crippen molar-refractivity contribution in [1.29, 1.82) is 0 Å². The number of Topliss-reactive ketones (excluding diaryl/α,β-unsaturated/α-hetero) is 1. The van der Waals surface area contributed by atoms with Gasteiger partial charge in [-0.25, -0.2) is 0 Å². The Morgan fingerprint density at radius 2 is 1.69 bits per heavy atom. The molecule has 0 radical (unpaired) electrons. The van der Waals surface area contributed by atoms with E-state index in [9.17, 15) is 19.8 Å². The molecule has 7 nitrogen and oxygen atoms in total. The fraction of sp³-hybridized carbons (Fsp3) is 0.333. The average molecular weight is 502 g/mol. The van der Waals surface area contributed by atoms with Crippen LogP contribution in [0.4, 0.5) is 0 Å². The fourth-order valence-corrected chi connectivity index (χ4v) is 5.12. The lowest BCUT2D eigenvalue weighted by Crippen LogP contribution is -2.37. The zero-order chi connectivity index (χ0) is 23.0. The van der Waals surface area contributed by atoms with Crippen LogP contribution < -0.4 is 9.47 Å². The van der Waals surface area contributed by atoms with Gasteiger partial charge in [-0.2, -0.15) is 0 Å². The van der Waals surface area contributed by atoms with Crippen LogP contribution in [0.3, 0.4) is 0 Å². The predicted octanol–water partition coefficient (Wildman–Crippen LogP) is 4.54. The summed E-state index contributed by atoms with van der Waals surface area (Å²) in [6.45, 7) is 0. The van der Waals surface area contributed by atoms with E-state index in [0.717, 1.165) is 25.7 Å². The molecule has 2 aromatic rings. The maximum Gasteiger partial charge on any atom is 0.295 e. The molecular weight excluding hydrogens is 478 g/mol. The predicted molar refractivity (Wildman–Crippen MR) is 122 cm³/mol. The fourth-order valence-electron chi connectivity index (χ4n) is 4.58. The Labute approximate surface area is 194 Å². The number of carbonyl (C=O) groups excluding carboxylic acids is 2. The Balaban J connectivity index is 1.89. The molecule has 1 heterocycles. The Bertz CT molecular complexity index is 1110. The molecule has 2 aromatic carbocycles. The highest BCUT2D eigenvalue weighted by Gasteiger charge is 2.49. The van der Waals surface area contributed by atoms with Gasteiger partial charge in [-0.3, -0.25) is 9.59 Å². The van der Waals surface area contributed by atoms with Crippen LogP contribution in [0.5, 0.6) is 17.2 Å². The molecule has 0 aromatic heterocycles. The molecule has 168 valence electrons. The monoisotopic (exact) mass is 501 g/mol. The number of benzene rings is 2. The van der Waals surface area contributed by atoms with Crippen LogP contribution in [0.2, 0.25) is 0 Å². The number of methoxy groups -OCH3 is 2. The topological polar surface area (TPSA) is 96.3 Å². The molecule has 1 aliphatic heterocycles. The summed E-state index contributed by atoms with van der Waals surface area (Å²) in [5.74, 6) is -0.884. The van der Waals surface area contributed by atoms with Crippen molar-refractivity contribution in [3.05, 3.63) is 57.6 Å². The summed E-state index contributed by atoms with van der Waals surface area (Å²) < 4.78 is 11.0. The number of aromatic hydroxyl groups is 1. The summed E-state index contributed by atoms with van der Waals surface area (Å²) in [4.78, 5) is 27.8. The molecule has 2 N–H and O–H groups in total. The third-order valence-electron chi connectivity index (χ3n) is 6.14. The summed E-state index contributed by atoms with van der Waals surface area (Å²) in [5.41, 5.74) is 0.914. The number of aliphatic hydroxyl groups excluding tert-OH is 1. The van der Waals surface area contributed by atoms with Gasteiger partial charge in [-0.1, -0.05) is 18.9 Å². The van der Waals surface area contributed by atoms with Gasteiger partial charge >= 0.3 is 0 Å². The van der Waals surface area contributed by atoms with E-state index in [1.54, 1.807) is 35.2 Å². The first-order valence-corrected chi connectivity index (χ1v) is 11.2. The Morgan fingerprint density at radius 1 is 1.03 bits per heavy atom. The number of nitrogens with zero attached hydrogens (tertiary/aromatic N) is 1. The molecular formula is C24H24BrNO6. The largest absolute Gasteiger partial charge is 0.507 e. The number of likely N-dealkylation sites (tertiary alicyclic amines) is 1. The van der Waals surface area contributed by atoms with E-state index in [4.69, 9.17) is 9.47 Å². The molecule has 0 spiro atoms. The zero-order valence-electron chi connectivity index (χ0n) is 17.8. The first kappa shape index (κ1) is 22.2. The van der Waals surface area contributed by atoms with Crippen LogP contribution in [0.1, 0.15) is 42.9 Å². The molecule has 4 rings (SSSR count). The van der Waals surface area contributed by atoms with Gasteiger partial charge in [0.15, 0.2) is 11.5 Å². The molecule has 32 heavy (non-hydrogen) atoms. The van der Waals surface area contributed by atoms with Crippen molar-refractivity contribution in [2.75, 3.05) is 14.2 Å². The van der Waals surface area contributed by atoms with Gasteiger partial charge in [-0.05, 0) is 64.7 Å². The van der Waals surface area contributed by atoms with E-state index in [-0.39, 0.29) is 28.9 Å². The van der Waals surface area contributed by atoms with Gasteiger partial charge in [0.05, 0.1) is 30.3 Å². The summed E-state index contributed by atoms with van der Waals surface area (Å²) in [5, 5.41) is 21.5. The van der Waals surface area contributed by atoms with E-state index in [1.165, 1.54) is 20.3 Å². The van der Waals surface area contributed by atoms with Crippen molar-refractivity contribution >= 4 is 33.4 Å². The lowest BCUT2D eigenvalue weighted by Gasteiger charge is -2.31. The number of amides is 1. The Hall–Kier alpha value is -3.00. The summed E-state index contributed by atoms with van der Waals surface area (Å²) >= 11 is 3.39. The van der Waals surface area contributed by atoms with E-state index >= 15 is 0 Å². The minimum absolute atomic E-state index is 0.00327. The highest BCUT2D eigenvalue weighted by molar-refractivity contribution is 9.10. The Morgan fingerprint density at radius 3 is 2.28 bits per heavy atom. The third-order valence-corrected chi connectivity index (χ3v) is 6.76. The standard InChI is InChI=1S/C24H24BrNO6/c1-31-18-9-8-14(11-16(18)25)22(28)20-21(13-7-10-19(32-2)17(27)12-13)26(24(30)23(20)29)15-5-3-4-6-15/h7-12,15,21,27-28H,3-6H2,1-2H3/b22-20-. The number of phenolic OH excluding ortho intramolecular Hbond substituents is 1.